The molecular formula is C12H13N5O3. The molecule has 0 aliphatic rings. The second-order valence-corrected chi connectivity index (χ2v) is 3.85. The first-order valence-electron chi connectivity index (χ1n) is 5.82. The summed E-state index contributed by atoms with van der Waals surface area (Å²) < 4.78 is 5.07. The molecule has 0 unspecified atom stereocenters. The maximum Gasteiger partial charge on any atom is 0.247 e. The van der Waals surface area contributed by atoms with Crippen molar-refractivity contribution >= 4 is 17.5 Å². The smallest absolute Gasteiger partial charge is 0.247 e. The molecule has 0 aliphatic carbocycles. The average Bonchev–Trinajstić information content (AvgIpc) is 2.99. The molecular weight excluding hydrogens is 262 g/mol. The van der Waals surface area contributed by atoms with E-state index in [4.69, 9.17) is 10.2 Å². The summed E-state index contributed by atoms with van der Waals surface area (Å²) in [4.78, 5) is 22.5. The van der Waals surface area contributed by atoms with Crippen molar-refractivity contribution in [2.24, 2.45) is 5.73 Å². The van der Waals surface area contributed by atoms with E-state index in [2.05, 4.69) is 20.8 Å². The summed E-state index contributed by atoms with van der Waals surface area (Å²) in [7, 11) is 0. The van der Waals surface area contributed by atoms with Crippen molar-refractivity contribution in [2.75, 3.05) is 18.4 Å². The lowest BCUT2D eigenvalue weighted by Gasteiger charge is -2.06. The van der Waals surface area contributed by atoms with Crippen molar-refractivity contribution in [3.05, 3.63) is 30.7 Å². The molecule has 8 heteroatoms. The van der Waals surface area contributed by atoms with Gasteiger partial charge in [0.15, 0.2) is 0 Å². The minimum atomic E-state index is -0.389. The number of nitrogens with zero attached hydrogens (tertiary/aromatic N) is 2. The van der Waals surface area contributed by atoms with Crippen LogP contribution in [0.3, 0.4) is 0 Å². The van der Waals surface area contributed by atoms with E-state index in [1.165, 1.54) is 6.39 Å². The van der Waals surface area contributed by atoms with Crippen LogP contribution < -0.4 is 16.4 Å². The van der Waals surface area contributed by atoms with E-state index in [9.17, 15) is 9.59 Å². The van der Waals surface area contributed by atoms with Crippen molar-refractivity contribution in [1.82, 2.24) is 15.5 Å². The molecule has 104 valence electrons. The molecule has 8 nitrogen and oxygen atoms in total. The summed E-state index contributed by atoms with van der Waals surface area (Å²) in [6.45, 7) is -0.291. The summed E-state index contributed by atoms with van der Waals surface area (Å²) in [6.07, 6.45) is 1.23. The minimum absolute atomic E-state index is 0.138. The molecule has 4 N–H and O–H groups in total. The zero-order valence-electron chi connectivity index (χ0n) is 10.5. The molecule has 2 aromatic rings. The average molecular weight is 275 g/mol. The van der Waals surface area contributed by atoms with E-state index < -0.39 is 0 Å². The van der Waals surface area contributed by atoms with Gasteiger partial charge in [0, 0.05) is 11.3 Å². The zero-order valence-corrected chi connectivity index (χ0v) is 10.5. The molecule has 0 atom stereocenters. The van der Waals surface area contributed by atoms with Crippen molar-refractivity contribution in [3.8, 4) is 11.5 Å². The Bertz CT molecular complexity index is 597. The van der Waals surface area contributed by atoms with Crippen molar-refractivity contribution in [2.45, 2.75) is 0 Å². The molecule has 2 amide bonds. The van der Waals surface area contributed by atoms with Gasteiger partial charge in [-0.1, -0.05) is 6.07 Å². The van der Waals surface area contributed by atoms with Gasteiger partial charge >= 0.3 is 0 Å². The summed E-state index contributed by atoms with van der Waals surface area (Å²) in [6, 6.07) is 6.92. The first-order valence-corrected chi connectivity index (χ1v) is 5.82. The Morgan fingerprint density at radius 3 is 2.85 bits per heavy atom. The van der Waals surface area contributed by atoms with Gasteiger partial charge in [-0.15, -0.1) is 10.2 Å². The third kappa shape index (κ3) is 3.62. The zero-order chi connectivity index (χ0) is 14.4. The number of rotatable bonds is 5. The molecule has 1 aromatic carbocycles. The summed E-state index contributed by atoms with van der Waals surface area (Å²) >= 11 is 0. The summed E-state index contributed by atoms with van der Waals surface area (Å²) in [5.74, 6) is -0.383. The lowest BCUT2D eigenvalue weighted by molar-refractivity contribution is -0.123. The third-order valence-electron chi connectivity index (χ3n) is 2.38. The van der Waals surface area contributed by atoms with Crippen LogP contribution >= 0.6 is 0 Å². The number of carbonyl (C=O) groups is 2. The number of amides is 2. The van der Waals surface area contributed by atoms with Crippen LogP contribution in [-0.2, 0) is 9.59 Å². The number of nitrogens with one attached hydrogen (secondary N) is 2. The third-order valence-corrected chi connectivity index (χ3v) is 2.38. The highest BCUT2D eigenvalue weighted by Crippen LogP contribution is 2.20. The number of aromatic nitrogens is 2. The SMILES string of the molecule is NCC(=O)NCC(=O)Nc1cccc(-c2nnco2)c1. The molecule has 0 radical (unpaired) electrons. The topological polar surface area (TPSA) is 123 Å². The largest absolute Gasteiger partial charge is 0.423 e. The Hall–Kier alpha value is -2.74. The number of hydrogen-bond acceptors (Lipinski definition) is 6. The van der Waals surface area contributed by atoms with Crippen molar-refractivity contribution in [1.29, 1.82) is 0 Å². The number of nitrogens with two attached hydrogens (primary N) is 1. The number of benzene rings is 1. The predicted molar refractivity (Wildman–Crippen MR) is 70.4 cm³/mol. The molecule has 0 saturated heterocycles. The fourth-order valence-electron chi connectivity index (χ4n) is 1.49. The van der Waals surface area contributed by atoms with Crippen LogP contribution in [0.15, 0.2) is 35.1 Å². The Morgan fingerprint density at radius 2 is 2.15 bits per heavy atom. The highest BCUT2D eigenvalue weighted by Gasteiger charge is 2.07. The normalized spacial score (nSPS) is 10.1. The van der Waals surface area contributed by atoms with Crippen LogP contribution in [0.1, 0.15) is 0 Å². The van der Waals surface area contributed by atoms with Gasteiger partial charge in [-0.05, 0) is 18.2 Å². The molecule has 0 bridgehead atoms. The van der Waals surface area contributed by atoms with E-state index >= 15 is 0 Å². The molecule has 20 heavy (non-hydrogen) atoms. The number of carbonyl (C=O) groups excluding carboxylic acids is 2. The highest BCUT2D eigenvalue weighted by molar-refractivity contribution is 5.95. The number of hydrogen-bond donors (Lipinski definition) is 3. The van der Waals surface area contributed by atoms with Gasteiger partial charge in [-0.3, -0.25) is 9.59 Å². The lowest BCUT2D eigenvalue weighted by Crippen LogP contribution is -2.36. The van der Waals surface area contributed by atoms with Crippen molar-refractivity contribution in [3.63, 3.8) is 0 Å². The van der Waals surface area contributed by atoms with Crippen LogP contribution in [0.5, 0.6) is 0 Å². The quantitative estimate of drug-likeness (QED) is 0.691. The fourth-order valence-corrected chi connectivity index (χ4v) is 1.49. The molecule has 0 fully saturated rings. The monoisotopic (exact) mass is 275 g/mol. The Morgan fingerprint density at radius 1 is 1.30 bits per heavy atom. The summed E-state index contributed by atoms with van der Waals surface area (Å²) in [5, 5.41) is 12.4. The van der Waals surface area contributed by atoms with E-state index in [1.807, 2.05) is 0 Å². The van der Waals surface area contributed by atoms with E-state index in [1.54, 1.807) is 24.3 Å². The molecule has 0 saturated carbocycles. The second-order valence-electron chi connectivity index (χ2n) is 3.85. The maximum absolute atomic E-state index is 11.6. The van der Waals surface area contributed by atoms with Gasteiger partial charge in [-0.2, -0.15) is 0 Å². The summed E-state index contributed by atoms with van der Waals surface area (Å²) in [5.41, 5.74) is 6.37. The van der Waals surface area contributed by atoms with Crippen LogP contribution in [0, 0.1) is 0 Å². The van der Waals surface area contributed by atoms with E-state index in [-0.39, 0.29) is 24.9 Å². The minimum Gasteiger partial charge on any atom is -0.423 e. The first kappa shape index (κ1) is 13.7. The van der Waals surface area contributed by atoms with Crippen LogP contribution in [0.4, 0.5) is 5.69 Å². The fraction of sp³-hybridized carbons (Fsp3) is 0.167. The second kappa shape index (κ2) is 6.43. The van der Waals surface area contributed by atoms with E-state index in [0.29, 0.717) is 17.1 Å². The maximum atomic E-state index is 11.6. The molecule has 2 rings (SSSR count). The predicted octanol–water partition coefficient (Wildman–Crippen LogP) is -0.250. The molecule has 1 aromatic heterocycles. The Labute approximate surface area is 114 Å². The number of anilines is 1. The van der Waals surface area contributed by atoms with Gasteiger partial charge in [0.2, 0.25) is 24.1 Å². The highest BCUT2D eigenvalue weighted by atomic mass is 16.4. The van der Waals surface area contributed by atoms with Crippen LogP contribution in [0.25, 0.3) is 11.5 Å². The van der Waals surface area contributed by atoms with Gasteiger partial charge < -0.3 is 20.8 Å². The van der Waals surface area contributed by atoms with Gasteiger partial charge in [0.1, 0.15) is 0 Å². The van der Waals surface area contributed by atoms with Gasteiger partial charge in [0.05, 0.1) is 13.1 Å². The molecule has 1 heterocycles. The molecule has 0 spiro atoms. The standard InChI is InChI=1S/C12H13N5O3/c13-5-10(18)14-6-11(19)16-9-3-1-2-8(4-9)12-17-15-7-20-12/h1-4,7H,5-6,13H2,(H,14,18)(H,16,19). The van der Waals surface area contributed by atoms with Crippen LogP contribution in [0.2, 0.25) is 0 Å². The van der Waals surface area contributed by atoms with Crippen molar-refractivity contribution < 1.29 is 14.0 Å². The van der Waals surface area contributed by atoms with E-state index in [0.717, 1.165) is 0 Å². The van der Waals surface area contributed by atoms with Gasteiger partial charge in [0.25, 0.3) is 0 Å². The Balaban J connectivity index is 1.98. The lowest BCUT2D eigenvalue weighted by atomic mass is 10.2. The van der Waals surface area contributed by atoms with Crippen LogP contribution in [-0.4, -0.2) is 35.1 Å². The first-order chi connectivity index (χ1) is 9.69. The molecule has 0 aliphatic heterocycles. The van der Waals surface area contributed by atoms with Gasteiger partial charge in [-0.25, -0.2) is 0 Å². The Kier molecular flexibility index (Phi) is 4.40.